The summed E-state index contributed by atoms with van der Waals surface area (Å²) in [5.74, 6) is -0.842. The van der Waals surface area contributed by atoms with Crippen LogP contribution < -0.4 is 5.73 Å². The van der Waals surface area contributed by atoms with E-state index in [9.17, 15) is 4.79 Å². The Kier molecular flexibility index (Phi) is 4.94. The number of benzene rings is 1. The van der Waals surface area contributed by atoms with Gasteiger partial charge in [-0.3, -0.25) is 4.79 Å². The van der Waals surface area contributed by atoms with Gasteiger partial charge < -0.3 is 10.8 Å². The summed E-state index contributed by atoms with van der Waals surface area (Å²) in [7, 11) is 0. The van der Waals surface area contributed by atoms with Crippen molar-refractivity contribution in [1.29, 1.82) is 0 Å². The molecule has 5 heteroatoms. The second-order valence-electron chi connectivity index (χ2n) is 2.98. The molecule has 0 aliphatic heterocycles. The van der Waals surface area contributed by atoms with E-state index < -0.39 is 11.2 Å². The number of thioether (sulfide) groups is 1. The fourth-order valence-corrected chi connectivity index (χ4v) is 2.38. The van der Waals surface area contributed by atoms with Gasteiger partial charge in [-0.05, 0) is 31.2 Å². The number of hydrogen-bond acceptors (Lipinski definition) is 3. The Morgan fingerprint density at radius 2 is 2.33 bits per heavy atom. The molecule has 15 heavy (non-hydrogen) atoms. The van der Waals surface area contributed by atoms with Gasteiger partial charge in [0.15, 0.2) is 0 Å². The predicted molar refractivity (Wildman–Crippen MR) is 62.4 cm³/mol. The van der Waals surface area contributed by atoms with Crippen LogP contribution in [0.1, 0.15) is 6.42 Å². The molecule has 1 unspecified atom stereocenters. The zero-order chi connectivity index (χ0) is 11.3. The summed E-state index contributed by atoms with van der Waals surface area (Å²) < 4.78 is 0. The highest BCUT2D eigenvalue weighted by Gasteiger charge is 2.17. The van der Waals surface area contributed by atoms with Gasteiger partial charge in [-0.15, -0.1) is 11.8 Å². The Hall–Kier alpha value is -0.710. The first-order chi connectivity index (χ1) is 7.13. The minimum absolute atomic E-state index is 0.366. The Balaban J connectivity index is 2.69. The van der Waals surface area contributed by atoms with Crippen molar-refractivity contribution in [2.45, 2.75) is 16.6 Å². The van der Waals surface area contributed by atoms with Gasteiger partial charge in [0.2, 0.25) is 0 Å². The number of carbonyl (C=O) groups is 1. The lowest BCUT2D eigenvalue weighted by molar-refractivity contribution is -0.136. The summed E-state index contributed by atoms with van der Waals surface area (Å²) >= 11 is 7.07. The van der Waals surface area contributed by atoms with E-state index in [0.29, 0.717) is 18.0 Å². The number of halogens is 1. The third-order valence-electron chi connectivity index (χ3n) is 1.78. The maximum Gasteiger partial charge on any atom is 0.317 e. The third kappa shape index (κ3) is 4.11. The lowest BCUT2D eigenvalue weighted by Crippen LogP contribution is -2.20. The van der Waals surface area contributed by atoms with Crippen molar-refractivity contribution in [1.82, 2.24) is 0 Å². The Morgan fingerprint density at radius 3 is 2.87 bits per heavy atom. The fraction of sp³-hybridized carbons (Fsp3) is 0.300. The maximum absolute atomic E-state index is 10.9. The van der Waals surface area contributed by atoms with Crippen molar-refractivity contribution in [2.24, 2.45) is 5.73 Å². The van der Waals surface area contributed by atoms with Crippen molar-refractivity contribution < 1.29 is 9.90 Å². The highest BCUT2D eigenvalue weighted by atomic mass is 35.5. The number of rotatable bonds is 5. The monoisotopic (exact) mass is 245 g/mol. The molecule has 0 aliphatic carbocycles. The smallest absolute Gasteiger partial charge is 0.317 e. The molecule has 0 radical (unpaired) electrons. The van der Waals surface area contributed by atoms with Crippen molar-refractivity contribution in [3.8, 4) is 0 Å². The molecule has 0 spiro atoms. The summed E-state index contributed by atoms with van der Waals surface area (Å²) in [6.45, 7) is 0.366. The van der Waals surface area contributed by atoms with Gasteiger partial charge in [0, 0.05) is 9.92 Å². The average molecular weight is 246 g/mol. The molecule has 0 heterocycles. The molecule has 3 nitrogen and oxygen atoms in total. The molecule has 1 rings (SSSR count). The highest BCUT2D eigenvalue weighted by molar-refractivity contribution is 8.00. The zero-order valence-electron chi connectivity index (χ0n) is 8.02. The number of nitrogens with two attached hydrogens (primary N) is 1. The van der Waals surface area contributed by atoms with E-state index in [2.05, 4.69) is 0 Å². The summed E-state index contributed by atoms with van der Waals surface area (Å²) in [5, 5.41) is 9.03. The van der Waals surface area contributed by atoms with Crippen LogP contribution in [0.15, 0.2) is 29.2 Å². The SMILES string of the molecule is NCCC(Sc1cccc(Cl)c1)C(=O)O. The molecule has 0 aliphatic rings. The quantitative estimate of drug-likeness (QED) is 0.781. The molecule has 1 aromatic rings. The average Bonchev–Trinajstić information content (AvgIpc) is 2.17. The van der Waals surface area contributed by atoms with Crippen LogP contribution >= 0.6 is 23.4 Å². The van der Waals surface area contributed by atoms with E-state index in [0.717, 1.165) is 4.90 Å². The highest BCUT2D eigenvalue weighted by Crippen LogP contribution is 2.27. The van der Waals surface area contributed by atoms with E-state index in [4.69, 9.17) is 22.4 Å². The van der Waals surface area contributed by atoms with E-state index in [-0.39, 0.29) is 0 Å². The molecule has 0 fully saturated rings. The number of carboxylic acid groups (broad SMARTS) is 1. The molecule has 0 amide bonds. The van der Waals surface area contributed by atoms with E-state index in [1.54, 1.807) is 18.2 Å². The number of aliphatic carboxylic acids is 1. The van der Waals surface area contributed by atoms with E-state index in [1.165, 1.54) is 11.8 Å². The summed E-state index contributed by atoms with van der Waals surface area (Å²) in [6.07, 6.45) is 0.451. The zero-order valence-corrected chi connectivity index (χ0v) is 9.59. The molecular formula is C10H12ClNO2S. The lowest BCUT2D eigenvalue weighted by Gasteiger charge is -2.10. The van der Waals surface area contributed by atoms with Crippen molar-refractivity contribution >= 4 is 29.3 Å². The van der Waals surface area contributed by atoms with Crippen LogP contribution in [0.25, 0.3) is 0 Å². The van der Waals surface area contributed by atoms with Crippen LogP contribution in [0, 0.1) is 0 Å². The molecule has 3 N–H and O–H groups in total. The minimum Gasteiger partial charge on any atom is -0.480 e. The van der Waals surface area contributed by atoms with Crippen LogP contribution in [0.2, 0.25) is 5.02 Å². The van der Waals surface area contributed by atoms with E-state index >= 15 is 0 Å². The van der Waals surface area contributed by atoms with Gasteiger partial charge in [-0.25, -0.2) is 0 Å². The van der Waals surface area contributed by atoms with Crippen LogP contribution in [-0.2, 0) is 4.79 Å². The van der Waals surface area contributed by atoms with Crippen molar-refractivity contribution in [3.05, 3.63) is 29.3 Å². The summed E-state index contributed by atoms with van der Waals surface area (Å²) in [6, 6.07) is 7.14. The predicted octanol–water partition coefficient (Wildman–Crippen LogP) is 2.23. The van der Waals surface area contributed by atoms with Crippen molar-refractivity contribution in [2.75, 3.05) is 6.54 Å². The number of carboxylic acids is 1. The first-order valence-electron chi connectivity index (χ1n) is 4.48. The first kappa shape index (κ1) is 12.4. The van der Waals surface area contributed by atoms with Crippen molar-refractivity contribution in [3.63, 3.8) is 0 Å². The Morgan fingerprint density at radius 1 is 1.60 bits per heavy atom. The number of hydrogen-bond donors (Lipinski definition) is 2. The van der Waals surface area contributed by atoms with Gasteiger partial charge in [0.05, 0.1) is 0 Å². The molecular weight excluding hydrogens is 234 g/mol. The topological polar surface area (TPSA) is 63.3 Å². The molecule has 1 aromatic carbocycles. The minimum atomic E-state index is -0.842. The summed E-state index contributed by atoms with van der Waals surface area (Å²) in [4.78, 5) is 11.7. The van der Waals surface area contributed by atoms with Crippen LogP contribution in [0.5, 0.6) is 0 Å². The largest absolute Gasteiger partial charge is 0.480 e. The van der Waals surface area contributed by atoms with Crippen LogP contribution in [0.4, 0.5) is 0 Å². The fourth-order valence-electron chi connectivity index (χ4n) is 1.09. The van der Waals surface area contributed by atoms with Gasteiger partial charge in [-0.1, -0.05) is 17.7 Å². The standard InChI is InChI=1S/C10H12ClNO2S/c11-7-2-1-3-8(6-7)15-9(4-5-12)10(13)14/h1-3,6,9H,4-5,12H2,(H,13,14). The lowest BCUT2D eigenvalue weighted by atomic mass is 10.3. The van der Waals surface area contributed by atoms with Crippen LogP contribution in [-0.4, -0.2) is 22.9 Å². The van der Waals surface area contributed by atoms with E-state index in [1.807, 2.05) is 6.07 Å². The molecule has 1 atom stereocenters. The molecule has 82 valence electrons. The van der Waals surface area contributed by atoms with Crippen LogP contribution in [0.3, 0.4) is 0 Å². The van der Waals surface area contributed by atoms with Gasteiger partial charge >= 0.3 is 5.97 Å². The van der Waals surface area contributed by atoms with Gasteiger partial charge in [0.25, 0.3) is 0 Å². The first-order valence-corrected chi connectivity index (χ1v) is 5.74. The Bertz CT molecular complexity index is 346. The van der Waals surface area contributed by atoms with Gasteiger partial charge in [-0.2, -0.15) is 0 Å². The maximum atomic E-state index is 10.9. The third-order valence-corrected chi connectivity index (χ3v) is 3.26. The summed E-state index contributed by atoms with van der Waals surface area (Å²) in [5.41, 5.74) is 5.35. The molecule has 0 aromatic heterocycles. The second kappa shape index (κ2) is 6.00. The Labute approximate surface area is 97.6 Å². The second-order valence-corrected chi connectivity index (χ2v) is 4.69. The molecule has 0 saturated carbocycles. The molecule has 0 saturated heterocycles. The van der Waals surface area contributed by atoms with Gasteiger partial charge in [0.1, 0.15) is 5.25 Å². The molecule has 0 bridgehead atoms. The normalized spacial score (nSPS) is 12.4.